The van der Waals surface area contributed by atoms with Gasteiger partial charge in [0.05, 0.1) is 6.54 Å². The van der Waals surface area contributed by atoms with Crippen molar-refractivity contribution in [1.29, 1.82) is 0 Å². The predicted octanol–water partition coefficient (Wildman–Crippen LogP) is 2.48. The minimum absolute atomic E-state index is 0.117. The summed E-state index contributed by atoms with van der Waals surface area (Å²) < 4.78 is 10.7. The van der Waals surface area contributed by atoms with Crippen LogP contribution in [0.25, 0.3) is 0 Å². The van der Waals surface area contributed by atoms with Gasteiger partial charge in [0.2, 0.25) is 12.7 Å². The van der Waals surface area contributed by atoms with Gasteiger partial charge in [-0.15, -0.1) is 0 Å². The second-order valence-corrected chi connectivity index (χ2v) is 6.63. The molecule has 26 heavy (non-hydrogen) atoms. The number of nitrogens with one attached hydrogen (secondary N) is 1. The normalized spacial score (nSPS) is 15.9. The number of amides is 1. The Morgan fingerprint density at radius 2 is 1.85 bits per heavy atom. The van der Waals surface area contributed by atoms with E-state index in [-0.39, 0.29) is 19.2 Å². The fourth-order valence-electron chi connectivity index (χ4n) is 3.33. The summed E-state index contributed by atoms with van der Waals surface area (Å²) in [5.74, 6) is 1.58. The third-order valence-electron chi connectivity index (χ3n) is 4.82. The summed E-state index contributed by atoms with van der Waals surface area (Å²) in [6.45, 7) is 5.85. The summed E-state index contributed by atoms with van der Waals surface area (Å²) in [6, 6.07) is 14.1. The number of piperazine rings is 1. The van der Waals surface area contributed by atoms with Crippen LogP contribution in [0.15, 0.2) is 42.5 Å². The molecule has 6 nitrogen and oxygen atoms in total. The Hall–Kier alpha value is -2.89. The zero-order valence-electron chi connectivity index (χ0n) is 14.9. The lowest BCUT2D eigenvalue weighted by Crippen LogP contribution is -2.50. The molecular weight excluding hydrogens is 330 g/mol. The van der Waals surface area contributed by atoms with Crippen LogP contribution < -0.4 is 19.7 Å². The second-order valence-electron chi connectivity index (χ2n) is 6.63. The van der Waals surface area contributed by atoms with Gasteiger partial charge in [-0.05, 0) is 36.8 Å². The first-order chi connectivity index (χ1) is 12.7. The average molecular weight is 353 g/mol. The SMILES string of the molecule is Cc1cccc(N2CCN(C(=O)CNc3ccc4c(c3)OCO4)CC2)c1. The van der Waals surface area contributed by atoms with Crippen LogP contribution in [-0.4, -0.2) is 50.3 Å². The maximum atomic E-state index is 12.5. The highest BCUT2D eigenvalue weighted by molar-refractivity contribution is 5.81. The molecule has 0 atom stereocenters. The van der Waals surface area contributed by atoms with Gasteiger partial charge in [0.15, 0.2) is 11.5 Å². The largest absolute Gasteiger partial charge is 0.454 e. The van der Waals surface area contributed by atoms with Gasteiger partial charge in [-0.2, -0.15) is 0 Å². The first kappa shape index (κ1) is 16.6. The first-order valence-electron chi connectivity index (χ1n) is 8.92. The van der Waals surface area contributed by atoms with Crippen LogP contribution in [0.3, 0.4) is 0 Å². The Balaban J connectivity index is 1.28. The molecule has 136 valence electrons. The van der Waals surface area contributed by atoms with E-state index in [0.29, 0.717) is 5.75 Å². The van der Waals surface area contributed by atoms with Crippen molar-refractivity contribution in [2.45, 2.75) is 6.92 Å². The number of carbonyl (C=O) groups is 1. The van der Waals surface area contributed by atoms with Crippen LogP contribution in [0.2, 0.25) is 0 Å². The highest BCUT2D eigenvalue weighted by Gasteiger charge is 2.21. The van der Waals surface area contributed by atoms with E-state index in [4.69, 9.17) is 9.47 Å². The number of anilines is 2. The van der Waals surface area contributed by atoms with Crippen molar-refractivity contribution < 1.29 is 14.3 Å². The van der Waals surface area contributed by atoms with Crippen LogP contribution >= 0.6 is 0 Å². The molecule has 2 aromatic carbocycles. The molecule has 1 N–H and O–H groups in total. The van der Waals surface area contributed by atoms with Gasteiger partial charge in [0.25, 0.3) is 0 Å². The molecule has 2 heterocycles. The molecule has 0 bridgehead atoms. The molecule has 0 aliphatic carbocycles. The van der Waals surface area contributed by atoms with E-state index >= 15 is 0 Å². The van der Waals surface area contributed by atoms with E-state index in [1.54, 1.807) is 0 Å². The van der Waals surface area contributed by atoms with Gasteiger partial charge in [0, 0.05) is 43.6 Å². The first-order valence-corrected chi connectivity index (χ1v) is 8.92. The van der Waals surface area contributed by atoms with Crippen molar-refractivity contribution in [3.63, 3.8) is 0 Å². The van der Waals surface area contributed by atoms with Crippen molar-refractivity contribution in [3.8, 4) is 11.5 Å². The number of nitrogens with zero attached hydrogens (tertiary/aromatic N) is 2. The Labute approximate surface area is 153 Å². The molecule has 4 rings (SSSR count). The molecule has 1 fully saturated rings. The number of carbonyl (C=O) groups excluding carboxylic acids is 1. The third kappa shape index (κ3) is 3.54. The predicted molar refractivity (Wildman–Crippen MR) is 101 cm³/mol. The molecule has 0 saturated carbocycles. The average Bonchev–Trinajstić information content (AvgIpc) is 3.14. The molecule has 1 amide bonds. The molecule has 0 radical (unpaired) electrons. The van der Waals surface area contributed by atoms with Crippen LogP contribution in [0.5, 0.6) is 11.5 Å². The van der Waals surface area contributed by atoms with Gasteiger partial charge in [0.1, 0.15) is 0 Å². The van der Waals surface area contributed by atoms with E-state index in [1.165, 1.54) is 11.3 Å². The van der Waals surface area contributed by atoms with E-state index in [2.05, 4.69) is 41.4 Å². The van der Waals surface area contributed by atoms with E-state index in [0.717, 1.165) is 37.6 Å². The Morgan fingerprint density at radius 3 is 2.65 bits per heavy atom. The van der Waals surface area contributed by atoms with Gasteiger partial charge in [-0.25, -0.2) is 0 Å². The van der Waals surface area contributed by atoms with Crippen molar-refractivity contribution in [1.82, 2.24) is 4.90 Å². The Bertz CT molecular complexity index is 801. The van der Waals surface area contributed by atoms with Gasteiger partial charge >= 0.3 is 0 Å². The summed E-state index contributed by atoms with van der Waals surface area (Å²) in [5.41, 5.74) is 3.35. The smallest absolute Gasteiger partial charge is 0.241 e. The molecular formula is C20H23N3O3. The zero-order chi connectivity index (χ0) is 17.9. The lowest BCUT2D eigenvalue weighted by atomic mass is 10.2. The Kier molecular flexibility index (Phi) is 4.56. The van der Waals surface area contributed by atoms with Crippen molar-refractivity contribution in [2.75, 3.05) is 49.7 Å². The summed E-state index contributed by atoms with van der Waals surface area (Å²) in [5, 5.41) is 3.18. The monoisotopic (exact) mass is 353 g/mol. The molecule has 1 saturated heterocycles. The second kappa shape index (κ2) is 7.15. The van der Waals surface area contributed by atoms with Crippen molar-refractivity contribution >= 4 is 17.3 Å². The summed E-state index contributed by atoms with van der Waals surface area (Å²) in [6.07, 6.45) is 0. The van der Waals surface area contributed by atoms with E-state index in [9.17, 15) is 4.79 Å². The van der Waals surface area contributed by atoms with Gasteiger partial charge in [-0.1, -0.05) is 12.1 Å². The standard InChI is InChI=1S/C20H23N3O3/c1-15-3-2-4-17(11-15)22-7-9-23(10-8-22)20(24)13-21-16-5-6-18-19(12-16)26-14-25-18/h2-6,11-12,21H,7-10,13-14H2,1H3. The minimum atomic E-state index is 0.117. The van der Waals surface area contributed by atoms with Crippen molar-refractivity contribution in [2.24, 2.45) is 0 Å². The number of hydrogen-bond acceptors (Lipinski definition) is 5. The number of fused-ring (bicyclic) bond motifs is 1. The topological polar surface area (TPSA) is 54.0 Å². The molecule has 6 heteroatoms. The maximum Gasteiger partial charge on any atom is 0.241 e. The molecule has 0 unspecified atom stereocenters. The fourth-order valence-corrected chi connectivity index (χ4v) is 3.33. The molecule has 0 aromatic heterocycles. The van der Waals surface area contributed by atoms with Crippen LogP contribution in [0.4, 0.5) is 11.4 Å². The lowest BCUT2D eigenvalue weighted by molar-refractivity contribution is -0.129. The highest BCUT2D eigenvalue weighted by Crippen LogP contribution is 2.34. The number of benzene rings is 2. The lowest BCUT2D eigenvalue weighted by Gasteiger charge is -2.36. The van der Waals surface area contributed by atoms with Crippen LogP contribution in [0.1, 0.15) is 5.56 Å². The molecule has 2 aromatic rings. The number of hydrogen-bond donors (Lipinski definition) is 1. The third-order valence-corrected chi connectivity index (χ3v) is 4.82. The summed E-state index contributed by atoms with van der Waals surface area (Å²) >= 11 is 0. The number of rotatable bonds is 4. The van der Waals surface area contributed by atoms with Gasteiger partial charge in [-0.3, -0.25) is 4.79 Å². The summed E-state index contributed by atoms with van der Waals surface area (Å²) in [7, 11) is 0. The van der Waals surface area contributed by atoms with Gasteiger partial charge < -0.3 is 24.6 Å². The maximum absolute atomic E-state index is 12.5. The number of aryl methyl sites for hydroxylation is 1. The van der Waals surface area contributed by atoms with E-state index in [1.807, 2.05) is 23.1 Å². The van der Waals surface area contributed by atoms with Crippen LogP contribution in [0, 0.1) is 6.92 Å². The van der Waals surface area contributed by atoms with Crippen molar-refractivity contribution in [3.05, 3.63) is 48.0 Å². The van der Waals surface area contributed by atoms with E-state index < -0.39 is 0 Å². The molecule has 2 aliphatic rings. The molecule has 0 spiro atoms. The fraction of sp³-hybridized carbons (Fsp3) is 0.350. The summed E-state index contributed by atoms with van der Waals surface area (Å²) in [4.78, 5) is 16.7. The van der Waals surface area contributed by atoms with Crippen LogP contribution in [-0.2, 0) is 4.79 Å². The minimum Gasteiger partial charge on any atom is -0.454 e. The Morgan fingerprint density at radius 1 is 1.04 bits per heavy atom. The number of ether oxygens (including phenoxy) is 2. The highest BCUT2D eigenvalue weighted by atomic mass is 16.7. The quantitative estimate of drug-likeness (QED) is 0.915. The molecule has 2 aliphatic heterocycles. The zero-order valence-corrected chi connectivity index (χ0v) is 14.9.